The number of ether oxygens (including phenoxy) is 2. The Kier molecular flexibility index (Phi) is 6.14. The Morgan fingerprint density at radius 3 is 2.90 bits per heavy atom. The van der Waals surface area contributed by atoms with E-state index in [1.54, 1.807) is 6.07 Å². The van der Waals surface area contributed by atoms with Gasteiger partial charge in [0.1, 0.15) is 18.5 Å². The normalized spacial score (nSPS) is 21.3. The smallest absolute Gasteiger partial charge is 0.141 e. The second kappa shape index (κ2) is 7.65. The Balaban J connectivity index is 2.07. The lowest BCUT2D eigenvalue weighted by molar-refractivity contribution is -0.0404. The van der Waals surface area contributed by atoms with Crippen molar-refractivity contribution in [2.24, 2.45) is 5.73 Å². The molecule has 21 heavy (non-hydrogen) atoms. The molecule has 0 aliphatic carbocycles. The van der Waals surface area contributed by atoms with Crippen molar-refractivity contribution in [2.75, 3.05) is 33.4 Å². The van der Waals surface area contributed by atoms with Crippen molar-refractivity contribution in [3.63, 3.8) is 0 Å². The lowest BCUT2D eigenvalue weighted by Gasteiger charge is -2.30. The molecule has 1 saturated heterocycles. The van der Waals surface area contributed by atoms with Gasteiger partial charge in [-0.1, -0.05) is 23.2 Å². The highest BCUT2D eigenvalue weighted by Gasteiger charge is 2.20. The number of benzene rings is 1. The van der Waals surface area contributed by atoms with E-state index in [0.717, 1.165) is 25.3 Å². The zero-order chi connectivity index (χ0) is 15.4. The van der Waals surface area contributed by atoms with Crippen molar-refractivity contribution >= 4 is 23.2 Å². The van der Waals surface area contributed by atoms with Gasteiger partial charge in [0, 0.05) is 24.2 Å². The summed E-state index contributed by atoms with van der Waals surface area (Å²) in [7, 11) is 2.08. The fourth-order valence-electron chi connectivity index (χ4n) is 2.42. The van der Waals surface area contributed by atoms with Gasteiger partial charge in [-0.25, -0.2) is 0 Å². The largest absolute Gasteiger partial charge is 0.489 e. The molecular weight excluding hydrogens is 311 g/mol. The molecule has 1 aliphatic heterocycles. The second-order valence-corrected chi connectivity index (χ2v) is 6.47. The third-order valence-corrected chi connectivity index (χ3v) is 3.88. The van der Waals surface area contributed by atoms with Crippen molar-refractivity contribution in [3.05, 3.63) is 27.7 Å². The van der Waals surface area contributed by atoms with E-state index < -0.39 is 0 Å². The van der Waals surface area contributed by atoms with Gasteiger partial charge in [-0.15, -0.1) is 0 Å². The van der Waals surface area contributed by atoms with Crippen LogP contribution in [-0.4, -0.2) is 50.4 Å². The summed E-state index contributed by atoms with van der Waals surface area (Å²) in [5.74, 6) is 0.662. The van der Waals surface area contributed by atoms with Gasteiger partial charge in [0.05, 0.1) is 11.6 Å². The molecule has 0 saturated carbocycles. The van der Waals surface area contributed by atoms with Crippen LogP contribution in [-0.2, 0) is 11.2 Å². The van der Waals surface area contributed by atoms with Crippen LogP contribution in [0.2, 0.25) is 10.0 Å². The Hall–Kier alpha value is -0.520. The molecule has 4 nitrogen and oxygen atoms in total. The van der Waals surface area contributed by atoms with E-state index in [-0.39, 0.29) is 12.1 Å². The molecule has 1 aromatic rings. The number of hydrogen-bond donors (Lipinski definition) is 1. The van der Waals surface area contributed by atoms with E-state index in [1.165, 1.54) is 0 Å². The minimum absolute atomic E-state index is 0.0129. The third-order valence-electron chi connectivity index (χ3n) is 3.38. The molecule has 1 heterocycles. The van der Waals surface area contributed by atoms with Crippen molar-refractivity contribution < 1.29 is 9.47 Å². The quantitative estimate of drug-likeness (QED) is 0.900. The molecule has 0 aromatic heterocycles. The molecule has 0 radical (unpaired) electrons. The first-order valence-electron chi connectivity index (χ1n) is 7.12. The first kappa shape index (κ1) is 16.8. The highest BCUT2D eigenvalue weighted by molar-refractivity contribution is 6.35. The van der Waals surface area contributed by atoms with Crippen LogP contribution in [0.3, 0.4) is 0 Å². The molecule has 2 N–H and O–H groups in total. The van der Waals surface area contributed by atoms with Crippen LogP contribution in [0.5, 0.6) is 5.75 Å². The fourth-order valence-corrected chi connectivity index (χ4v) is 3.01. The average Bonchev–Trinajstić information content (AvgIpc) is 2.36. The molecule has 118 valence electrons. The molecule has 1 fully saturated rings. The minimum atomic E-state index is 0.0129. The second-order valence-electron chi connectivity index (χ2n) is 5.62. The van der Waals surface area contributed by atoms with Gasteiger partial charge in [-0.2, -0.15) is 0 Å². The summed E-state index contributed by atoms with van der Waals surface area (Å²) < 4.78 is 11.6. The maximum atomic E-state index is 6.26. The van der Waals surface area contributed by atoms with Crippen LogP contribution >= 0.6 is 23.2 Å². The SMILES string of the molecule is CC(N)Cc1cc(Cl)cc(Cl)c1OCC1CN(C)CCO1. The molecule has 1 aliphatic rings. The lowest BCUT2D eigenvalue weighted by Crippen LogP contribution is -2.42. The summed E-state index contributed by atoms with van der Waals surface area (Å²) in [5.41, 5.74) is 6.81. The van der Waals surface area contributed by atoms with Gasteiger partial charge in [-0.3, -0.25) is 0 Å². The summed E-state index contributed by atoms with van der Waals surface area (Å²) in [6.07, 6.45) is 0.722. The highest BCUT2D eigenvalue weighted by Crippen LogP contribution is 2.33. The van der Waals surface area contributed by atoms with Crippen LogP contribution in [0.25, 0.3) is 0 Å². The first-order chi connectivity index (χ1) is 9.95. The van der Waals surface area contributed by atoms with E-state index in [1.807, 2.05) is 13.0 Å². The van der Waals surface area contributed by atoms with Crippen LogP contribution in [0.1, 0.15) is 12.5 Å². The molecule has 1 aromatic carbocycles. The van der Waals surface area contributed by atoms with Crippen LogP contribution < -0.4 is 10.5 Å². The highest BCUT2D eigenvalue weighted by atomic mass is 35.5. The molecular formula is C15H22Cl2N2O2. The molecule has 2 rings (SSSR count). The van der Waals surface area contributed by atoms with Crippen molar-refractivity contribution in [2.45, 2.75) is 25.5 Å². The number of likely N-dealkylation sites (N-methyl/N-ethyl adjacent to an activating group) is 1. The monoisotopic (exact) mass is 332 g/mol. The predicted octanol–water partition coefficient (Wildman–Crippen LogP) is 2.59. The third kappa shape index (κ3) is 5.01. The number of nitrogens with zero attached hydrogens (tertiary/aromatic N) is 1. The standard InChI is InChI=1S/C15H22Cl2N2O2/c1-10(18)5-11-6-12(16)7-14(17)15(11)21-9-13-8-19(2)3-4-20-13/h6-7,10,13H,3-5,8-9,18H2,1-2H3. The maximum Gasteiger partial charge on any atom is 0.141 e. The maximum absolute atomic E-state index is 6.26. The van der Waals surface area contributed by atoms with Gasteiger partial charge in [-0.05, 0) is 38.1 Å². The Morgan fingerprint density at radius 1 is 1.48 bits per heavy atom. The lowest BCUT2D eigenvalue weighted by atomic mass is 10.1. The number of halogens is 2. The van der Waals surface area contributed by atoms with Gasteiger partial charge < -0.3 is 20.1 Å². The summed E-state index contributed by atoms with van der Waals surface area (Å²) in [4.78, 5) is 2.23. The van der Waals surface area contributed by atoms with Crippen molar-refractivity contribution in [1.82, 2.24) is 4.90 Å². The van der Waals surface area contributed by atoms with E-state index in [9.17, 15) is 0 Å². The van der Waals surface area contributed by atoms with E-state index >= 15 is 0 Å². The van der Waals surface area contributed by atoms with Crippen LogP contribution in [0.4, 0.5) is 0 Å². The Labute approximate surface area is 136 Å². The summed E-state index contributed by atoms with van der Waals surface area (Å²) in [6, 6.07) is 3.57. The zero-order valence-corrected chi connectivity index (χ0v) is 14.0. The fraction of sp³-hybridized carbons (Fsp3) is 0.600. The Morgan fingerprint density at radius 2 is 2.24 bits per heavy atom. The van der Waals surface area contributed by atoms with Gasteiger partial charge >= 0.3 is 0 Å². The summed E-state index contributed by atoms with van der Waals surface area (Å²) >= 11 is 12.3. The molecule has 6 heteroatoms. The summed E-state index contributed by atoms with van der Waals surface area (Å²) in [5, 5.41) is 1.11. The number of morpholine rings is 1. The van der Waals surface area contributed by atoms with Gasteiger partial charge in [0.2, 0.25) is 0 Å². The van der Waals surface area contributed by atoms with Crippen LogP contribution in [0.15, 0.2) is 12.1 Å². The predicted molar refractivity (Wildman–Crippen MR) is 86.5 cm³/mol. The van der Waals surface area contributed by atoms with Crippen LogP contribution in [0, 0.1) is 0 Å². The molecule has 2 atom stereocenters. The Bertz CT molecular complexity index is 483. The number of nitrogens with two attached hydrogens (primary N) is 1. The van der Waals surface area contributed by atoms with E-state index in [0.29, 0.717) is 28.8 Å². The van der Waals surface area contributed by atoms with E-state index in [4.69, 9.17) is 38.4 Å². The average molecular weight is 333 g/mol. The minimum Gasteiger partial charge on any atom is -0.489 e. The van der Waals surface area contributed by atoms with Gasteiger partial charge in [0.25, 0.3) is 0 Å². The molecule has 2 unspecified atom stereocenters. The summed E-state index contributed by atoms with van der Waals surface area (Å²) in [6.45, 7) is 4.95. The van der Waals surface area contributed by atoms with Crippen molar-refractivity contribution in [3.8, 4) is 5.75 Å². The first-order valence-corrected chi connectivity index (χ1v) is 7.87. The molecule has 0 spiro atoms. The topological polar surface area (TPSA) is 47.7 Å². The zero-order valence-electron chi connectivity index (χ0n) is 12.4. The van der Waals surface area contributed by atoms with Gasteiger partial charge in [0.15, 0.2) is 0 Å². The molecule has 0 amide bonds. The number of rotatable bonds is 5. The molecule has 0 bridgehead atoms. The van der Waals surface area contributed by atoms with E-state index in [2.05, 4.69) is 11.9 Å². The number of hydrogen-bond acceptors (Lipinski definition) is 4. The van der Waals surface area contributed by atoms with Crippen molar-refractivity contribution in [1.29, 1.82) is 0 Å².